The minimum absolute atomic E-state index is 0.0541. The summed E-state index contributed by atoms with van der Waals surface area (Å²) < 4.78 is 5.77. The molecular formula is C15H13NO3S. The van der Waals surface area contributed by atoms with Gasteiger partial charge in [-0.05, 0) is 11.5 Å². The SMILES string of the molecule is O=c1[nH]c(O)c(CCOc2cccc3ccccc23)s1. The van der Waals surface area contributed by atoms with E-state index in [0.29, 0.717) is 17.9 Å². The van der Waals surface area contributed by atoms with Gasteiger partial charge in [-0.1, -0.05) is 47.7 Å². The van der Waals surface area contributed by atoms with Gasteiger partial charge in [0.05, 0.1) is 11.5 Å². The summed E-state index contributed by atoms with van der Waals surface area (Å²) in [5.41, 5.74) is 0. The normalized spacial score (nSPS) is 10.8. The molecule has 20 heavy (non-hydrogen) atoms. The van der Waals surface area contributed by atoms with Crippen molar-refractivity contribution in [1.82, 2.24) is 4.98 Å². The van der Waals surface area contributed by atoms with E-state index in [1.807, 2.05) is 42.5 Å². The minimum Gasteiger partial charge on any atom is -0.494 e. The molecule has 0 radical (unpaired) electrons. The molecule has 0 fully saturated rings. The third kappa shape index (κ3) is 2.53. The van der Waals surface area contributed by atoms with Crippen molar-refractivity contribution >= 4 is 22.1 Å². The van der Waals surface area contributed by atoms with E-state index in [0.717, 1.165) is 27.9 Å². The van der Waals surface area contributed by atoms with Gasteiger partial charge in [-0.15, -0.1) is 0 Å². The van der Waals surface area contributed by atoms with Gasteiger partial charge in [0, 0.05) is 11.8 Å². The second-order valence-corrected chi connectivity index (χ2v) is 5.43. The molecule has 0 amide bonds. The van der Waals surface area contributed by atoms with E-state index in [4.69, 9.17) is 4.74 Å². The van der Waals surface area contributed by atoms with E-state index < -0.39 is 0 Å². The van der Waals surface area contributed by atoms with Gasteiger partial charge in [-0.3, -0.25) is 9.78 Å². The Balaban J connectivity index is 1.74. The van der Waals surface area contributed by atoms with Gasteiger partial charge in [-0.25, -0.2) is 0 Å². The Morgan fingerprint density at radius 2 is 1.95 bits per heavy atom. The second-order valence-electron chi connectivity index (χ2n) is 4.36. The molecule has 1 aromatic heterocycles. The highest BCUT2D eigenvalue weighted by Crippen LogP contribution is 2.25. The van der Waals surface area contributed by atoms with Crippen molar-refractivity contribution in [3.8, 4) is 11.6 Å². The van der Waals surface area contributed by atoms with E-state index in [2.05, 4.69) is 4.98 Å². The molecule has 0 saturated heterocycles. The van der Waals surface area contributed by atoms with E-state index in [1.54, 1.807) is 0 Å². The van der Waals surface area contributed by atoms with Crippen molar-refractivity contribution in [2.24, 2.45) is 0 Å². The van der Waals surface area contributed by atoms with E-state index in [9.17, 15) is 9.90 Å². The first-order chi connectivity index (χ1) is 9.74. The number of fused-ring (bicyclic) bond motifs is 1. The zero-order valence-electron chi connectivity index (χ0n) is 10.6. The van der Waals surface area contributed by atoms with Crippen molar-refractivity contribution in [3.05, 3.63) is 57.0 Å². The van der Waals surface area contributed by atoms with Gasteiger partial charge >= 0.3 is 4.87 Å². The number of aromatic hydroxyl groups is 1. The third-order valence-electron chi connectivity index (χ3n) is 3.04. The topological polar surface area (TPSA) is 62.3 Å². The van der Waals surface area contributed by atoms with Crippen LogP contribution in [0.2, 0.25) is 0 Å². The molecule has 3 rings (SSSR count). The molecule has 0 unspecified atom stereocenters. The first-order valence-corrected chi connectivity index (χ1v) is 7.07. The number of H-pyrrole nitrogens is 1. The zero-order valence-corrected chi connectivity index (χ0v) is 11.4. The zero-order chi connectivity index (χ0) is 13.9. The van der Waals surface area contributed by atoms with Crippen LogP contribution in [-0.4, -0.2) is 16.7 Å². The Kier molecular flexibility index (Phi) is 3.43. The third-order valence-corrected chi connectivity index (χ3v) is 3.97. The lowest BCUT2D eigenvalue weighted by molar-refractivity contribution is 0.324. The van der Waals surface area contributed by atoms with Crippen LogP contribution in [0.15, 0.2) is 47.3 Å². The molecule has 0 bridgehead atoms. The van der Waals surface area contributed by atoms with Crippen LogP contribution in [0.5, 0.6) is 11.6 Å². The molecule has 102 valence electrons. The Labute approximate surface area is 119 Å². The largest absolute Gasteiger partial charge is 0.494 e. The van der Waals surface area contributed by atoms with Crippen LogP contribution in [0.3, 0.4) is 0 Å². The molecule has 0 atom stereocenters. The second kappa shape index (κ2) is 5.38. The number of aromatic nitrogens is 1. The molecule has 0 saturated carbocycles. The number of aromatic amines is 1. The molecule has 0 aliphatic carbocycles. The molecule has 5 heteroatoms. The maximum Gasteiger partial charge on any atom is 0.307 e. The average Bonchev–Trinajstić information content (AvgIpc) is 2.77. The first kappa shape index (κ1) is 12.7. The highest BCUT2D eigenvalue weighted by atomic mass is 32.1. The van der Waals surface area contributed by atoms with Crippen LogP contribution in [-0.2, 0) is 6.42 Å². The summed E-state index contributed by atoms with van der Waals surface area (Å²) in [4.78, 5) is 13.8. The molecule has 3 aromatic rings. The van der Waals surface area contributed by atoms with Crippen molar-refractivity contribution < 1.29 is 9.84 Å². The van der Waals surface area contributed by atoms with Crippen molar-refractivity contribution in [3.63, 3.8) is 0 Å². The summed E-state index contributed by atoms with van der Waals surface area (Å²) in [7, 11) is 0. The lowest BCUT2D eigenvalue weighted by Crippen LogP contribution is -2.00. The lowest BCUT2D eigenvalue weighted by Gasteiger charge is -2.08. The molecule has 1 heterocycles. The standard InChI is InChI=1S/C15H13NO3S/c17-14-13(20-15(18)16-14)8-9-19-12-7-3-5-10-4-1-2-6-11(10)12/h1-7,17H,8-9H2,(H,16,18). The molecule has 4 nitrogen and oxygen atoms in total. The molecule has 0 aliphatic heterocycles. The van der Waals surface area contributed by atoms with Gasteiger partial charge < -0.3 is 9.84 Å². The Morgan fingerprint density at radius 1 is 1.15 bits per heavy atom. The summed E-state index contributed by atoms with van der Waals surface area (Å²) in [6, 6.07) is 13.9. The Bertz CT molecular complexity index is 786. The van der Waals surface area contributed by atoms with Crippen LogP contribution in [0.1, 0.15) is 4.88 Å². The van der Waals surface area contributed by atoms with Crippen LogP contribution in [0.25, 0.3) is 10.8 Å². The van der Waals surface area contributed by atoms with Crippen LogP contribution >= 0.6 is 11.3 Å². The predicted molar refractivity (Wildman–Crippen MR) is 79.8 cm³/mol. The summed E-state index contributed by atoms with van der Waals surface area (Å²) in [6.45, 7) is 0.412. The minimum atomic E-state index is -0.248. The summed E-state index contributed by atoms with van der Waals surface area (Å²) in [5.74, 6) is 0.756. The highest BCUT2D eigenvalue weighted by molar-refractivity contribution is 7.09. The fourth-order valence-corrected chi connectivity index (χ4v) is 2.80. The van der Waals surface area contributed by atoms with Crippen molar-refractivity contribution in [2.75, 3.05) is 6.61 Å². The number of hydrogen-bond acceptors (Lipinski definition) is 4. The predicted octanol–water partition coefficient (Wildman–Crippen LogP) is 2.92. The number of ether oxygens (including phenoxy) is 1. The number of nitrogens with one attached hydrogen (secondary N) is 1. The van der Waals surface area contributed by atoms with Gasteiger partial charge in [0.25, 0.3) is 0 Å². The van der Waals surface area contributed by atoms with Gasteiger partial charge in [0.1, 0.15) is 5.75 Å². The molecule has 2 N–H and O–H groups in total. The van der Waals surface area contributed by atoms with Crippen LogP contribution in [0.4, 0.5) is 0 Å². The quantitative estimate of drug-likeness (QED) is 0.775. The maximum absolute atomic E-state index is 11.1. The fraction of sp³-hybridized carbons (Fsp3) is 0.133. The number of hydrogen-bond donors (Lipinski definition) is 2. The molecule has 0 spiro atoms. The Hall–Kier alpha value is -2.27. The number of thiazole rings is 1. The summed E-state index contributed by atoms with van der Waals surface area (Å²) in [5, 5.41) is 11.7. The molecule has 0 aliphatic rings. The first-order valence-electron chi connectivity index (χ1n) is 6.25. The lowest BCUT2D eigenvalue weighted by atomic mass is 10.1. The molecular weight excluding hydrogens is 274 g/mol. The monoisotopic (exact) mass is 287 g/mol. The van der Waals surface area contributed by atoms with Gasteiger partial charge in [0.2, 0.25) is 5.88 Å². The van der Waals surface area contributed by atoms with E-state index in [-0.39, 0.29) is 10.8 Å². The van der Waals surface area contributed by atoms with Crippen molar-refractivity contribution in [2.45, 2.75) is 6.42 Å². The van der Waals surface area contributed by atoms with Crippen molar-refractivity contribution in [1.29, 1.82) is 0 Å². The Morgan fingerprint density at radius 3 is 2.75 bits per heavy atom. The van der Waals surface area contributed by atoms with Gasteiger partial charge in [-0.2, -0.15) is 0 Å². The fourth-order valence-electron chi connectivity index (χ4n) is 2.10. The van der Waals surface area contributed by atoms with E-state index >= 15 is 0 Å². The smallest absolute Gasteiger partial charge is 0.307 e. The summed E-state index contributed by atoms with van der Waals surface area (Å²) >= 11 is 1.01. The number of rotatable bonds is 4. The highest BCUT2D eigenvalue weighted by Gasteiger charge is 2.07. The van der Waals surface area contributed by atoms with Gasteiger partial charge in [0.15, 0.2) is 0 Å². The van der Waals surface area contributed by atoms with E-state index in [1.165, 1.54) is 0 Å². The molecule has 2 aromatic carbocycles. The maximum atomic E-state index is 11.1. The average molecular weight is 287 g/mol. The summed E-state index contributed by atoms with van der Waals surface area (Å²) in [6.07, 6.45) is 0.498. The van der Waals surface area contributed by atoms with Crippen LogP contribution in [0, 0.1) is 0 Å². The number of benzene rings is 2. The van der Waals surface area contributed by atoms with Crippen LogP contribution < -0.4 is 9.61 Å².